The molecule has 0 unspecified atom stereocenters. The Balaban J connectivity index is 1.75. The number of hydrogen-bond donors (Lipinski definition) is 1. The summed E-state index contributed by atoms with van der Waals surface area (Å²) in [4.78, 5) is 16.7. The van der Waals surface area contributed by atoms with Crippen LogP contribution in [0.5, 0.6) is 5.75 Å². The third-order valence-electron chi connectivity index (χ3n) is 3.56. The second-order valence-corrected chi connectivity index (χ2v) is 5.45. The number of fused-ring (bicyclic) bond motifs is 1. The maximum Gasteiger partial charge on any atom is 0.265 e. The van der Waals surface area contributed by atoms with Gasteiger partial charge in [-0.25, -0.2) is 0 Å². The number of rotatable bonds is 4. The van der Waals surface area contributed by atoms with Crippen molar-refractivity contribution in [1.82, 2.24) is 4.98 Å². The van der Waals surface area contributed by atoms with Gasteiger partial charge in [-0.05, 0) is 43.7 Å². The van der Waals surface area contributed by atoms with Crippen molar-refractivity contribution in [3.63, 3.8) is 0 Å². The van der Waals surface area contributed by atoms with Crippen LogP contribution in [0.3, 0.4) is 0 Å². The van der Waals surface area contributed by atoms with Gasteiger partial charge < -0.3 is 10.1 Å². The SMILES string of the molecule is Cc1cccc(O[C@@H](C)C(=O)Nc2cccc3cccnc23)c1. The highest BCUT2D eigenvalue weighted by atomic mass is 16.5. The normalized spacial score (nSPS) is 11.9. The molecule has 0 aliphatic carbocycles. The molecule has 3 rings (SSSR count). The molecule has 0 saturated heterocycles. The molecule has 1 heterocycles. The first-order valence-corrected chi connectivity index (χ1v) is 7.51. The zero-order chi connectivity index (χ0) is 16.2. The summed E-state index contributed by atoms with van der Waals surface area (Å²) in [7, 11) is 0. The van der Waals surface area contributed by atoms with E-state index in [0.717, 1.165) is 16.5 Å². The molecule has 1 atom stereocenters. The number of pyridine rings is 1. The first-order valence-electron chi connectivity index (χ1n) is 7.51. The van der Waals surface area contributed by atoms with Crippen molar-refractivity contribution in [3.05, 3.63) is 66.4 Å². The maximum atomic E-state index is 12.4. The van der Waals surface area contributed by atoms with Gasteiger partial charge in [-0.15, -0.1) is 0 Å². The smallest absolute Gasteiger partial charge is 0.265 e. The van der Waals surface area contributed by atoms with Gasteiger partial charge in [-0.2, -0.15) is 0 Å². The number of amides is 1. The molecule has 0 aliphatic heterocycles. The third kappa shape index (κ3) is 3.48. The largest absolute Gasteiger partial charge is 0.481 e. The summed E-state index contributed by atoms with van der Waals surface area (Å²) in [6.45, 7) is 3.72. The van der Waals surface area contributed by atoms with E-state index in [2.05, 4.69) is 10.3 Å². The van der Waals surface area contributed by atoms with E-state index in [1.807, 2.05) is 61.5 Å². The van der Waals surface area contributed by atoms with Crippen LogP contribution in [-0.4, -0.2) is 17.0 Å². The Morgan fingerprint density at radius 2 is 1.91 bits per heavy atom. The molecule has 4 nitrogen and oxygen atoms in total. The van der Waals surface area contributed by atoms with Crippen molar-refractivity contribution in [1.29, 1.82) is 0 Å². The lowest BCUT2D eigenvalue weighted by Gasteiger charge is -2.15. The molecule has 4 heteroatoms. The number of carbonyl (C=O) groups excluding carboxylic acids is 1. The maximum absolute atomic E-state index is 12.4. The Morgan fingerprint density at radius 1 is 1.13 bits per heavy atom. The molecular weight excluding hydrogens is 288 g/mol. The minimum Gasteiger partial charge on any atom is -0.481 e. The Labute approximate surface area is 135 Å². The molecular formula is C19H18N2O2. The summed E-state index contributed by atoms with van der Waals surface area (Å²) in [6, 6.07) is 17.2. The molecule has 2 aromatic carbocycles. The van der Waals surface area contributed by atoms with Crippen LogP contribution in [-0.2, 0) is 4.79 Å². The Morgan fingerprint density at radius 3 is 2.74 bits per heavy atom. The fourth-order valence-corrected chi connectivity index (χ4v) is 2.39. The molecule has 0 radical (unpaired) electrons. The predicted octanol–water partition coefficient (Wildman–Crippen LogP) is 3.95. The quantitative estimate of drug-likeness (QED) is 0.794. The van der Waals surface area contributed by atoms with Crippen LogP contribution in [0.2, 0.25) is 0 Å². The fraction of sp³-hybridized carbons (Fsp3) is 0.158. The van der Waals surface area contributed by atoms with E-state index in [9.17, 15) is 4.79 Å². The van der Waals surface area contributed by atoms with Crippen molar-refractivity contribution < 1.29 is 9.53 Å². The summed E-state index contributed by atoms with van der Waals surface area (Å²) in [6.07, 6.45) is 1.11. The van der Waals surface area contributed by atoms with Crippen molar-refractivity contribution >= 4 is 22.5 Å². The van der Waals surface area contributed by atoms with Gasteiger partial charge in [0.05, 0.1) is 11.2 Å². The minimum absolute atomic E-state index is 0.204. The van der Waals surface area contributed by atoms with E-state index in [4.69, 9.17) is 4.74 Å². The summed E-state index contributed by atoms with van der Waals surface area (Å²) >= 11 is 0. The molecule has 0 bridgehead atoms. The van der Waals surface area contributed by atoms with E-state index >= 15 is 0 Å². The van der Waals surface area contributed by atoms with E-state index in [-0.39, 0.29) is 5.91 Å². The zero-order valence-corrected chi connectivity index (χ0v) is 13.1. The molecule has 0 aliphatic rings. The molecule has 1 amide bonds. The number of aryl methyl sites for hydroxylation is 1. The summed E-state index contributed by atoms with van der Waals surface area (Å²) in [5.41, 5.74) is 2.55. The number of carbonyl (C=O) groups is 1. The average Bonchev–Trinajstić information content (AvgIpc) is 2.55. The first kappa shape index (κ1) is 15.0. The van der Waals surface area contributed by atoms with Crippen LogP contribution < -0.4 is 10.1 Å². The lowest BCUT2D eigenvalue weighted by atomic mass is 10.2. The average molecular weight is 306 g/mol. The van der Waals surface area contributed by atoms with Crippen LogP contribution in [0.25, 0.3) is 10.9 Å². The first-order chi connectivity index (χ1) is 11.1. The topological polar surface area (TPSA) is 51.2 Å². The van der Waals surface area contributed by atoms with E-state index < -0.39 is 6.10 Å². The summed E-state index contributed by atoms with van der Waals surface area (Å²) < 4.78 is 5.71. The third-order valence-corrected chi connectivity index (χ3v) is 3.56. The molecule has 116 valence electrons. The van der Waals surface area contributed by atoms with Crippen molar-refractivity contribution in [2.45, 2.75) is 20.0 Å². The number of aromatic nitrogens is 1. The predicted molar refractivity (Wildman–Crippen MR) is 91.6 cm³/mol. The van der Waals surface area contributed by atoms with Gasteiger partial charge in [0, 0.05) is 11.6 Å². The van der Waals surface area contributed by atoms with Crippen LogP contribution in [0.4, 0.5) is 5.69 Å². The second-order valence-electron chi connectivity index (χ2n) is 5.45. The standard InChI is InChI=1S/C19H18N2O2/c1-13-6-3-9-16(12-13)23-14(2)19(22)21-17-10-4-7-15-8-5-11-20-18(15)17/h3-12,14H,1-2H3,(H,21,22)/t14-/m0/s1. The fourth-order valence-electron chi connectivity index (χ4n) is 2.39. The van der Waals surface area contributed by atoms with E-state index in [1.165, 1.54) is 0 Å². The number of ether oxygens (including phenoxy) is 1. The van der Waals surface area contributed by atoms with Gasteiger partial charge in [0.15, 0.2) is 6.10 Å². The van der Waals surface area contributed by atoms with Gasteiger partial charge in [0.1, 0.15) is 5.75 Å². The Bertz CT molecular complexity index is 840. The molecule has 23 heavy (non-hydrogen) atoms. The number of nitrogens with one attached hydrogen (secondary N) is 1. The van der Waals surface area contributed by atoms with Gasteiger partial charge in [-0.1, -0.05) is 30.3 Å². The minimum atomic E-state index is -0.601. The summed E-state index contributed by atoms with van der Waals surface area (Å²) in [5, 5.41) is 3.88. The number of anilines is 1. The highest BCUT2D eigenvalue weighted by molar-refractivity contribution is 6.01. The second kappa shape index (κ2) is 6.48. The zero-order valence-electron chi connectivity index (χ0n) is 13.1. The van der Waals surface area contributed by atoms with Crippen LogP contribution in [0.1, 0.15) is 12.5 Å². The molecule has 3 aromatic rings. The van der Waals surface area contributed by atoms with Crippen molar-refractivity contribution in [3.8, 4) is 5.75 Å². The van der Waals surface area contributed by atoms with Crippen LogP contribution in [0, 0.1) is 6.92 Å². The number of hydrogen-bond acceptors (Lipinski definition) is 3. The highest BCUT2D eigenvalue weighted by Crippen LogP contribution is 2.21. The van der Waals surface area contributed by atoms with Gasteiger partial charge >= 0.3 is 0 Å². The lowest BCUT2D eigenvalue weighted by molar-refractivity contribution is -0.122. The lowest BCUT2D eigenvalue weighted by Crippen LogP contribution is -2.30. The van der Waals surface area contributed by atoms with E-state index in [1.54, 1.807) is 13.1 Å². The van der Waals surface area contributed by atoms with Crippen molar-refractivity contribution in [2.75, 3.05) is 5.32 Å². The van der Waals surface area contributed by atoms with Gasteiger partial charge in [0.25, 0.3) is 5.91 Å². The van der Waals surface area contributed by atoms with Crippen molar-refractivity contribution in [2.24, 2.45) is 0 Å². The number of para-hydroxylation sites is 1. The molecule has 1 N–H and O–H groups in total. The molecule has 0 spiro atoms. The monoisotopic (exact) mass is 306 g/mol. The number of benzene rings is 2. The van der Waals surface area contributed by atoms with Gasteiger partial charge in [0.2, 0.25) is 0 Å². The Hall–Kier alpha value is -2.88. The van der Waals surface area contributed by atoms with Crippen LogP contribution >= 0.6 is 0 Å². The molecule has 1 aromatic heterocycles. The summed E-state index contributed by atoms with van der Waals surface area (Å²) in [5.74, 6) is 0.480. The Kier molecular flexibility index (Phi) is 4.24. The highest BCUT2D eigenvalue weighted by Gasteiger charge is 2.16. The van der Waals surface area contributed by atoms with Crippen LogP contribution in [0.15, 0.2) is 60.8 Å². The van der Waals surface area contributed by atoms with Gasteiger partial charge in [-0.3, -0.25) is 9.78 Å². The van der Waals surface area contributed by atoms with E-state index in [0.29, 0.717) is 11.4 Å². The number of nitrogens with zero attached hydrogens (tertiary/aromatic N) is 1. The molecule has 0 fully saturated rings. The molecule has 0 saturated carbocycles.